The molecule has 1 aliphatic rings. The van der Waals surface area contributed by atoms with Gasteiger partial charge >= 0.3 is 0 Å². The third kappa shape index (κ3) is 1.72. The molecule has 0 radical (unpaired) electrons. The SMILES string of the molecule is CC1(C)CC(O)c2c(O)cc(O)cc2O1. The number of aliphatic hydroxyl groups is 1. The second-order valence-corrected chi connectivity index (χ2v) is 4.46. The van der Waals surface area contributed by atoms with Gasteiger partial charge in [0.2, 0.25) is 0 Å². The molecule has 1 atom stereocenters. The first-order valence-electron chi connectivity index (χ1n) is 4.82. The Hall–Kier alpha value is -1.42. The van der Waals surface area contributed by atoms with Gasteiger partial charge in [0.15, 0.2) is 0 Å². The molecule has 82 valence electrons. The molecule has 1 aromatic rings. The number of fused-ring (bicyclic) bond motifs is 1. The molecule has 1 unspecified atom stereocenters. The van der Waals surface area contributed by atoms with Crippen LogP contribution in [0.1, 0.15) is 31.9 Å². The van der Waals surface area contributed by atoms with Gasteiger partial charge in [-0.1, -0.05) is 0 Å². The molecule has 4 nitrogen and oxygen atoms in total. The van der Waals surface area contributed by atoms with Crippen molar-refractivity contribution in [1.82, 2.24) is 0 Å². The fourth-order valence-electron chi connectivity index (χ4n) is 1.92. The average molecular weight is 210 g/mol. The summed E-state index contributed by atoms with van der Waals surface area (Å²) in [5, 5.41) is 28.7. The third-order valence-corrected chi connectivity index (χ3v) is 2.51. The van der Waals surface area contributed by atoms with Gasteiger partial charge in [-0.2, -0.15) is 0 Å². The molecule has 1 heterocycles. The summed E-state index contributed by atoms with van der Waals surface area (Å²) < 4.78 is 5.57. The summed E-state index contributed by atoms with van der Waals surface area (Å²) >= 11 is 0. The Balaban J connectivity index is 2.55. The van der Waals surface area contributed by atoms with Crippen molar-refractivity contribution in [3.63, 3.8) is 0 Å². The number of benzene rings is 1. The molecule has 0 aliphatic carbocycles. The maximum atomic E-state index is 9.85. The van der Waals surface area contributed by atoms with E-state index in [-0.39, 0.29) is 11.5 Å². The maximum absolute atomic E-state index is 9.85. The summed E-state index contributed by atoms with van der Waals surface area (Å²) in [6.45, 7) is 3.69. The highest BCUT2D eigenvalue weighted by Crippen LogP contribution is 2.45. The van der Waals surface area contributed by atoms with Crippen LogP contribution in [0.2, 0.25) is 0 Å². The van der Waals surface area contributed by atoms with Crippen molar-refractivity contribution in [3.8, 4) is 17.2 Å². The molecule has 0 saturated heterocycles. The van der Waals surface area contributed by atoms with Crippen molar-refractivity contribution in [2.24, 2.45) is 0 Å². The molecule has 0 aromatic heterocycles. The van der Waals surface area contributed by atoms with Gasteiger partial charge < -0.3 is 20.1 Å². The van der Waals surface area contributed by atoms with Gasteiger partial charge in [0.1, 0.15) is 22.8 Å². The second-order valence-electron chi connectivity index (χ2n) is 4.46. The van der Waals surface area contributed by atoms with Crippen LogP contribution in [0.3, 0.4) is 0 Å². The quantitative estimate of drug-likeness (QED) is 0.609. The molecule has 0 bridgehead atoms. The van der Waals surface area contributed by atoms with Gasteiger partial charge in [-0.3, -0.25) is 0 Å². The van der Waals surface area contributed by atoms with Crippen LogP contribution < -0.4 is 4.74 Å². The van der Waals surface area contributed by atoms with Crippen LogP contribution in [0.15, 0.2) is 12.1 Å². The Morgan fingerprint density at radius 2 is 2.00 bits per heavy atom. The molecule has 0 amide bonds. The van der Waals surface area contributed by atoms with E-state index in [0.29, 0.717) is 17.7 Å². The molecule has 3 N–H and O–H groups in total. The van der Waals surface area contributed by atoms with Crippen LogP contribution >= 0.6 is 0 Å². The Kier molecular flexibility index (Phi) is 2.04. The van der Waals surface area contributed by atoms with Crippen LogP contribution in [0, 0.1) is 0 Å². The number of aromatic hydroxyl groups is 2. The van der Waals surface area contributed by atoms with Gasteiger partial charge in [0, 0.05) is 18.6 Å². The highest BCUT2D eigenvalue weighted by molar-refractivity contribution is 5.51. The molecule has 2 rings (SSSR count). The summed E-state index contributed by atoms with van der Waals surface area (Å²) in [6, 6.07) is 2.60. The number of aliphatic hydroxyl groups excluding tert-OH is 1. The summed E-state index contributed by atoms with van der Waals surface area (Å²) in [5.41, 5.74) is -0.140. The Labute approximate surface area is 87.7 Å². The van der Waals surface area contributed by atoms with E-state index in [9.17, 15) is 15.3 Å². The minimum atomic E-state index is -0.760. The highest BCUT2D eigenvalue weighted by atomic mass is 16.5. The van der Waals surface area contributed by atoms with Crippen molar-refractivity contribution in [2.45, 2.75) is 32.0 Å². The smallest absolute Gasteiger partial charge is 0.133 e. The first-order valence-corrected chi connectivity index (χ1v) is 4.82. The summed E-state index contributed by atoms with van der Waals surface area (Å²) in [7, 11) is 0. The zero-order valence-corrected chi connectivity index (χ0v) is 8.69. The van der Waals surface area contributed by atoms with Gasteiger partial charge in [0.25, 0.3) is 0 Å². The molecular formula is C11H14O4. The molecule has 0 fully saturated rings. The first kappa shape index (κ1) is 10.1. The number of phenols is 2. The van der Waals surface area contributed by atoms with Gasteiger partial charge in [-0.05, 0) is 13.8 Å². The Bertz CT molecular complexity index is 398. The van der Waals surface area contributed by atoms with Crippen molar-refractivity contribution >= 4 is 0 Å². The van der Waals surface area contributed by atoms with Crippen LogP contribution in [-0.4, -0.2) is 20.9 Å². The van der Waals surface area contributed by atoms with Crippen LogP contribution in [-0.2, 0) is 0 Å². The van der Waals surface area contributed by atoms with Crippen molar-refractivity contribution in [2.75, 3.05) is 0 Å². The van der Waals surface area contributed by atoms with E-state index in [1.54, 1.807) is 0 Å². The fraction of sp³-hybridized carbons (Fsp3) is 0.455. The van der Waals surface area contributed by atoms with E-state index < -0.39 is 11.7 Å². The van der Waals surface area contributed by atoms with Crippen LogP contribution in [0.25, 0.3) is 0 Å². The first-order chi connectivity index (χ1) is 6.89. The van der Waals surface area contributed by atoms with Gasteiger partial charge in [0.05, 0.1) is 11.7 Å². The van der Waals surface area contributed by atoms with Gasteiger partial charge in [-0.15, -0.1) is 0 Å². The Morgan fingerprint density at radius 1 is 1.33 bits per heavy atom. The summed E-state index contributed by atoms with van der Waals surface area (Å²) in [5.74, 6) is 0.139. The van der Waals surface area contributed by atoms with Crippen molar-refractivity contribution in [1.29, 1.82) is 0 Å². The molecule has 1 aromatic carbocycles. The number of hydrogen-bond acceptors (Lipinski definition) is 4. The summed E-state index contributed by atoms with van der Waals surface area (Å²) in [6.07, 6.45) is -0.345. The number of phenolic OH excluding ortho intramolecular Hbond substituents is 2. The number of rotatable bonds is 0. The minimum absolute atomic E-state index is 0.0730. The predicted molar refractivity (Wildman–Crippen MR) is 54.1 cm³/mol. The van der Waals surface area contributed by atoms with E-state index in [2.05, 4.69) is 0 Å². The molecule has 0 spiro atoms. The molecule has 15 heavy (non-hydrogen) atoms. The second kappa shape index (κ2) is 3.03. The van der Waals surface area contributed by atoms with E-state index >= 15 is 0 Å². The monoisotopic (exact) mass is 210 g/mol. The molecule has 1 aliphatic heterocycles. The third-order valence-electron chi connectivity index (χ3n) is 2.51. The zero-order chi connectivity index (χ0) is 11.2. The minimum Gasteiger partial charge on any atom is -0.508 e. The van der Waals surface area contributed by atoms with Crippen LogP contribution in [0.5, 0.6) is 17.2 Å². The maximum Gasteiger partial charge on any atom is 0.133 e. The zero-order valence-electron chi connectivity index (χ0n) is 8.69. The highest BCUT2D eigenvalue weighted by Gasteiger charge is 2.34. The van der Waals surface area contributed by atoms with Gasteiger partial charge in [-0.25, -0.2) is 0 Å². The van der Waals surface area contributed by atoms with Crippen molar-refractivity contribution < 1.29 is 20.1 Å². The lowest BCUT2D eigenvalue weighted by molar-refractivity contribution is 0.00989. The standard InChI is InChI=1S/C11H14O4/c1-11(2)5-8(14)10-7(13)3-6(12)4-9(10)15-11/h3-4,8,12-14H,5H2,1-2H3. The molecule has 0 saturated carbocycles. The lowest BCUT2D eigenvalue weighted by Gasteiger charge is -2.35. The normalized spacial score (nSPS) is 23.0. The lowest BCUT2D eigenvalue weighted by atomic mass is 9.91. The van der Waals surface area contributed by atoms with E-state index in [1.807, 2.05) is 13.8 Å². The molecule has 4 heteroatoms. The average Bonchev–Trinajstić information content (AvgIpc) is 1.97. The largest absolute Gasteiger partial charge is 0.508 e. The van der Waals surface area contributed by atoms with Crippen LogP contribution in [0.4, 0.5) is 0 Å². The van der Waals surface area contributed by atoms with E-state index in [1.165, 1.54) is 12.1 Å². The fourth-order valence-corrected chi connectivity index (χ4v) is 1.92. The summed E-state index contributed by atoms with van der Waals surface area (Å²) in [4.78, 5) is 0. The predicted octanol–water partition coefficient (Wildman–Crippen LogP) is 1.69. The molecular weight excluding hydrogens is 196 g/mol. The van der Waals surface area contributed by atoms with Crippen molar-refractivity contribution in [3.05, 3.63) is 17.7 Å². The van der Waals surface area contributed by atoms with E-state index in [0.717, 1.165) is 0 Å². The van der Waals surface area contributed by atoms with E-state index in [4.69, 9.17) is 4.74 Å². The number of ether oxygens (including phenoxy) is 1. The number of hydrogen-bond donors (Lipinski definition) is 3. The lowest BCUT2D eigenvalue weighted by Crippen LogP contribution is -2.34. The topological polar surface area (TPSA) is 69.9 Å². The Morgan fingerprint density at radius 3 is 2.67 bits per heavy atom.